The molecule has 0 radical (unpaired) electrons. The van der Waals surface area contributed by atoms with Crippen LogP contribution in [0, 0.1) is 0 Å². The van der Waals surface area contributed by atoms with Crippen molar-refractivity contribution in [3.63, 3.8) is 0 Å². The van der Waals surface area contributed by atoms with E-state index in [-0.39, 0.29) is 6.04 Å². The fraction of sp³-hybridized carbons (Fsp3) is 0.381. The van der Waals surface area contributed by atoms with Crippen LogP contribution in [-0.4, -0.2) is 5.11 Å². The molecular formula is C21H28N2S. The van der Waals surface area contributed by atoms with E-state index in [0.29, 0.717) is 16.9 Å². The van der Waals surface area contributed by atoms with Gasteiger partial charge in [0.2, 0.25) is 0 Å². The van der Waals surface area contributed by atoms with Crippen molar-refractivity contribution < 1.29 is 0 Å². The fourth-order valence-electron chi connectivity index (χ4n) is 2.87. The quantitative estimate of drug-likeness (QED) is 0.655. The van der Waals surface area contributed by atoms with Crippen LogP contribution < -0.4 is 10.6 Å². The zero-order chi connectivity index (χ0) is 17.7. The lowest BCUT2D eigenvalue weighted by molar-refractivity contribution is 0.722. The summed E-state index contributed by atoms with van der Waals surface area (Å²) in [5.41, 5.74) is 4.98. The van der Waals surface area contributed by atoms with Gasteiger partial charge in [-0.1, -0.05) is 76.2 Å². The summed E-state index contributed by atoms with van der Waals surface area (Å²) in [5.74, 6) is 0.890. The highest BCUT2D eigenvalue weighted by Gasteiger charge is 2.15. The van der Waals surface area contributed by atoms with E-state index in [1.807, 2.05) is 6.07 Å². The maximum absolute atomic E-state index is 5.58. The second kappa shape index (κ2) is 8.29. The van der Waals surface area contributed by atoms with Crippen molar-refractivity contribution in [2.24, 2.45) is 0 Å². The van der Waals surface area contributed by atoms with Gasteiger partial charge in [-0.05, 0) is 47.7 Å². The van der Waals surface area contributed by atoms with E-state index in [1.54, 1.807) is 0 Å². The Morgan fingerprint density at radius 2 is 1.33 bits per heavy atom. The third kappa shape index (κ3) is 4.57. The van der Waals surface area contributed by atoms with Crippen molar-refractivity contribution in [3.8, 4) is 0 Å². The van der Waals surface area contributed by atoms with E-state index >= 15 is 0 Å². The lowest BCUT2D eigenvalue weighted by Crippen LogP contribution is -2.31. The maximum atomic E-state index is 5.58. The first-order valence-electron chi connectivity index (χ1n) is 8.65. The highest BCUT2D eigenvalue weighted by atomic mass is 32.1. The predicted octanol–water partition coefficient (Wildman–Crippen LogP) is 5.98. The van der Waals surface area contributed by atoms with Crippen molar-refractivity contribution >= 4 is 23.0 Å². The van der Waals surface area contributed by atoms with Gasteiger partial charge in [-0.2, -0.15) is 0 Å². The molecule has 0 aliphatic carbocycles. The van der Waals surface area contributed by atoms with E-state index in [1.165, 1.54) is 16.7 Å². The molecule has 2 aromatic carbocycles. The molecule has 0 aliphatic rings. The standard InChI is InChI=1S/C21H28N2S/c1-14(2)18-12-9-13-19(15(3)4)20(18)23-21(24)22-16(5)17-10-7-6-8-11-17/h6-16H,1-5H3,(H2,22,23,24). The van der Waals surface area contributed by atoms with Gasteiger partial charge in [-0.25, -0.2) is 0 Å². The lowest BCUT2D eigenvalue weighted by atomic mass is 9.93. The summed E-state index contributed by atoms with van der Waals surface area (Å²) in [7, 11) is 0. The van der Waals surface area contributed by atoms with Crippen molar-refractivity contribution in [2.45, 2.75) is 52.5 Å². The summed E-state index contributed by atoms with van der Waals surface area (Å²) in [6.45, 7) is 11.0. The number of hydrogen-bond acceptors (Lipinski definition) is 1. The molecule has 0 saturated carbocycles. The minimum atomic E-state index is 0.167. The smallest absolute Gasteiger partial charge is 0.171 e. The summed E-state index contributed by atoms with van der Waals surface area (Å²) < 4.78 is 0. The Morgan fingerprint density at radius 1 is 0.792 bits per heavy atom. The summed E-state index contributed by atoms with van der Waals surface area (Å²) in [4.78, 5) is 0. The van der Waals surface area contributed by atoms with Crippen LogP contribution in [0.25, 0.3) is 0 Å². The molecular weight excluding hydrogens is 312 g/mol. The number of thiocarbonyl (C=S) groups is 1. The highest BCUT2D eigenvalue weighted by molar-refractivity contribution is 7.80. The van der Waals surface area contributed by atoms with E-state index < -0.39 is 0 Å². The van der Waals surface area contributed by atoms with Crippen LogP contribution in [0.1, 0.15) is 69.2 Å². The number of para-hydroxylation sites is 1. The second-order valence-electron chi connectivity index (χ2n) is 6.85. The van der Waals surface area contributed by atoms with Crippen molar-refractivity contribution in [3.05, 3.63) is 65.2 Å². The number of nitrogens with one attached hydrogen (secondary N) is 2. The van der Waals surface area contributed by atoms with Crippen LogP contribution in [0.5, 0.6) is 0 Å². The third-order valence-corrected chi connectivity index (χ3v) is 4.48. The monoisotopic (exact) mass is 340 g/mol. The molecule has 2 nitrogen and oxygen atoms in total. The molecule has 0 saturated heterocycles. The first-order valence-corrected chi connectivity index (χ1v) is 9.06. The Morgan fingerprint density at radius 3 is 1.83 bits per heavy atom. The molecule has 0 bridgehead atoms. The average Bonchev–Trinajstić information content (AvgIpc) is 2.55. The Labute approximate surface area is 151 Å². The fourth-order valence-corrected chi connectivity index (χ4v) is 3.15. The second-order valence-corrected chi connectivity index (χ2v) is 7.26. The lowest BCUT2D eigenvalue weighted by Gasteiger charge is -2.23. The molecule has 1 atom stereocenters. The van der Waals surface area contributed by atoms with E-state index in [2.05, 4.69) is 87.7 Å². The Kier molecular flexibility index (Phi) is 6.38. The minimum Gasteiger partial charge on any atom is -0.356 e. The zero-order valence-corrected chi connectivity index (χ0v) is 16.1. The van der Waals surface area contributed by atoms with Crippen LogP contribution in [0.3, 0.4) is 0 Å². The predicted molar refractivity (Wildman–Crippen MR) is 109 cm³/mol. The van der Waals surface area contributed by atoms with Gasteiger partial charge in [0.15, 0.2) is 5.11 Å². The van der Waals surface area contributed by atoms with Gasteiger partial charge in [-0.3, -0.25) is 0 Å². The summed E-state index contributed by atoms with van der Waals surface area (Å²) in [6, 6.07) is 17.0. The zero-order valence-electron chi connectivity index (χ0n) is 15.3. The van der Waals surface area contributed by atoms with Gasteiger partial charge in [0.05, 0.1) is 6.04 Å². The van der Waals surface area contributed by atoms with Crippen LogP contribution in [0.15, 0.2) is 48.5 Å². The van der Waals surface area contributed by atoms with Gasteiger partial charge in [0, 0.05) is 5.69 Å². The molecule has 0 aliphatic heterocycles. The summed E-state index contributed by atoms with van der Waals surface area (Å²) in [5, 5.41) is 7.53. The molecule has 0 aromatic heterocycles. The molecule has 0 amide bonds. The molecule has 2 aromatic rings. The number of anilines is 1. The molecule has 2 N–H and O–H groups in total. The van der Waals surface area contributed by atoms with Crippen LogP contribution in [0.4, 0.5) is 5.69 Å². The largest absolute Gasteiger partial charge is 0.356 e. The minimum absolute atomic E-state index is 0.167. The average molecular weight is 341 g/mol. The third-order valence-electron chi connectivity index (χ3n) is 4.26. The number of benzene rings is 2. The van der Waals surface area contributed by atoms with Gasteiger partial charge in [-0.15, -0.1) is 0 Å². The van der Waals surface area contributed by atoms with Crippen LogP contribution >= 0.6 is 12.2 Å². The summed E-state index contributed by atoms with van der Waals surface area (Å²) in [6.07, 6.45) is 0. The first kappa shape index (κ1) is 18.5. The van der Waals surface area contributed by atoms with E-state index in [9.17, 15) is 0 Å². The van der Waals surface area contributed by atoms with Gasteiger partial charge in [0.25, 0.3) is 0 Å². The number of hydrogen-bond donors (Lipinski definition) is 2. The van der Waals surface area contributed by atoms with E-state index in [4.69, 9.17) is 12.2 Å². The molecule has 0 heterocycles. The van der Waals surface area contributed by atoms with Gasteiger partial charge in [0.1, 0.15) is 0 Å². The molecule has 24 heavy (non-hydrogen) atoms. The maximum Gasteiger partial charge on any atom is 0.171 e. The molecule has 3 heteroatoms. The molecule has 128 valence electrons. The Bertz CT molecular complexity index is 651. The van der Waals surface area contributed by atoms with Crippen molar-refractivity contribution in [2.75, 3.05) is 5.32 Å². The molecule has 0 fully saturated rings. The highest BCUT2D eigenvalue weighted by Crippen LogP contribution is 2.32. The summed E-state index contributed by atoms with van der Waals surface area (Å²) >= 11 is 5.58. The first-order chi connectivity index (χ1) is 11.4. The topological polar surface area (TPSA) is 24.1 Å². The molecule has 1 unspecified atom stereocenters. The normalized spacial score (nSPS) is 12.3. The van der Waals surface area contributed by atoms with E-state index in [0.717, 1.165) is 5.69 Å². The van der Waals surface area contributed by atoms with Crippen LogP contribution in [-0.2, 0) is 0 Å². The molecule has 2 rings (SSSR count). The molecule has 0 spiro atoms. The number of rotatable bonds is 5. The van der Waals surface area contributed by atoms with Gasteiger partial charge >= 0.3 is 0 Å². The Hall–Kier alpha value is -1.87. The van der Waals surface area contributed by atoms with Crippen LogP contribution in [0.2, 0.25) is 0 Å². The van der Waals surface area contributed by atoms with Gasteiger partial charge < -0.3 is 10.6 Å². The Balaban J connectivity index is 2.19. The SMILES string of the molecule is CC(C)c1cccc(C(C)C)c1NC(=S)NC(C)c1ccccc1. The van der Waals surface area contributed by atoms with Crippen molar-refractivity contribution in [1.82, 2.24) is 5.32 Å². The van der Waals surface area contributed by atoms with Crippen molar-refractivity contribution in [1.29, 1.82) is 0 Å².